The van der Waals surface area contributed by atoms with E-state index in [4.69, 9.17) is 0 Å². The highest BCUT2D eigenvalue weighted by molar-refractivity contribution is 5.30. The van der Waals surface area contributed by atoms with Crippen LogP contribution in [0.5, 0.6) is 0 Å². The Kier molecular flexibility index (Phi) is 3.90. The molecule has 19 heavy (non-hydrogen) atoms. The van der Waals surface area contributed by atoms with E-state index in [9.17, 15) is 18.3 Å². The molecule has 0 amide bonds. The van der Waals surface area contributed by atoms with E-state index in [-0.39, 0.29) is 12.0 Å². The molecule has 0 fully saturated rings. The highest BCUT2D eigenvalue weighted by Crippen LogP contribution is 2.24. The van der Waals surface area contributed by atoms with Gasteiger partial charge in [0.1, 0.15) is 5.82 Å². The topological polar surface area (TPSA) is 20.2 Å². The van der Waals surface area contributed by atoms with Gasteiger partial charge in [0.15, 0.2) is 11.6 Å². The second-order valence-corrected chi connectivity index (χ2v) is 4.43. The Morgan fingerprint density at radius 2 is 1.84 bits per heavy atom. The predicted molar refractivity (Wildman–Crippen MR) is 66.2 cm³/mol. The number of aryl methyl sites for hydroxylation is 1. The van der Waals surface area contributed by atoms with Crippen molar-refractivity contribution in [1.82, 2.24) is 0 Å². The van der Waals surface area contributed by atoms with E-state index in [2.05, 4.69) is 0 Å². The van der Waals surface area contributed by atoms with Crippen molar-refractivity contribution in [1.29, 1.82) is 0 Å². The lowest BCUT2D eigenvalue weighted by Gasteiger charge is -2.14. The van der Waals surface area contributed by atoms with Crippen molar-refractivity contribution in [3.05, 3.63) is 70.5 Å². The zero-order valence-corrected chi connectivity index (χ0v) is 10.3. The van der Waals surface area contributed by atoms with Gasteiger partial charge in [0, 0.05) is 12.0 Å². The van der Waals surface area contributed by atoms with Crippen molar-refractivity contribution in [3.63, 3.8) is 0 Å². The highest BCUT2D eigenvalue weighted by Gasteiger charge is 2.17. The van der Waals surface area contributed by atoms with Crippen LogP contribution in [-0.4, -0.2) is 5.11 Å². The quantitative estimate of drug-likeness (QED) is 0.898. The van der Waals surface area contributed by atoms with Gasteiger partial charge in [-0.3, -0.25) is 0 Å². The first kappa shape index (κ1) is 13.6. The largest absolute Gasteiger partial charge is 0.388 e. The summed E-state index contributed by atoms with van der Waals surface area (Å²) in [5.41, 5.74) is 1.23. The first-order chi connectivity index (χ1) is 8.99. The van der Waals surface area contributed by atoms with Crippen LogP contribution in [0.25, 0.3) is 0 Å². The first-order valence-corrected chi connectivity index (χ1v) is 5.86. The minimum Gasteiger partial charge on any atom is -0.388 e. The molecule has 0 aliphatic heterocycles. The molecular formula is C15H13F3O. The summed E-state index contributed by atoms with van der Waals surface area (Å²) in [7, 11) is 0. The minimum absolute atomic E-state index is 0.0317. The Labute approximate surface area is 109 Å². The number of aliphatic hydroxyl groups is 1. The molecule has 0 saturated carbocycles. The standard InChI is InChI=1S/C15H13F3O/c1-9-5-6-11(16)7-10(9)8-14(19)12-3-2-4-13(17)15(12)18/h2-7,14,19H,8H2,1H3. The molecule has 0 aromatic heterocycles. The molecule has 0 bridgehead atoms. The Hall–Kier alpha value is -1.81. The zero-order chi connectivity index (χ0) is 14.0. The van der Waals surface area contributed by atoms with Crippen LogP contribution in [0.2, 0.25) is 0 Å². The number of hydrogen-bond donors (Lipinski definition) is 1. The molecule has 2 aromatic rings. The molecule has 1 nitrogen and oxygen atoms in total. The zero-order valence-electron chi connectivity index (χ0n) is 10.3. The van der Waals surface area contributed by atoms with Crippen LogP contribution in [-0.2, 0) is 6.42 Å². The van der Waals surface area contributed by atoms with Gasteiger partial charge in [0.05, 0.1) is 6.10 Å². The summed E-state index contributed by atoms with van der Waals surface area (Å²) in [4.78, 5) is 0. The van der Waals surface area contributed by atoms with Gasteiger partial charge in [-0.1, -0.05) is 18.2 Å². The molecular weight excluding hydrogens is 253 g/mol. The molecule has 0 aliphatic rings. The van der Waals surface area contributed by atoms with Gasteiger partial charge >= 0.3 is 0 Å². The van der Waals surface area contributed by atoms with Gasteiger partial charge in [0.25, 0.3) is 0 Å². The summed E-state index contributed by atoms with van der Waals surface area (Å²) in [5.74, 6) is -2.50. The van der Waals surface area contributed by atoms with Crippen LogP contribution in [0.3, 0.4) is 0 Å². The maximum Gasteiger partial charge on any atom is 0.164 e. The Bertz CT molecular complexity index is 596. The summed E-state index contributed by atoms with van der Waals surface area (Å²) in [6, 6.07) is 7.81. The lowest BCUT2D eigenvalue weighted by molar-refractivity contribution is 0.172. The van der Waals surface area contributed by atoms with Crippen LogP contribution in [0.4, 0.5) is 13.2 Å². The number of rotatable bonds is 3. The SMILES string of the molecule is Cc1ccc(F)cc1CC(O)c1cccc(F)c1F. The molecule has 0 saturated heterocycles. The molecule has 0 aliphatic carbocycles. The molecule has 1 unspecified atom stereocenters. The van der Waals surface area contributed by atoms with Crippen molar-refractivity contribution >= 4 is 0 Å². The number of halogens is 3. The van der Waals surface area contributed by atoms with Crippen molar-refractivity contribution in [2.24, 2.45) is 0 Å². The molecule has 0 radical (unpaired) electrons. The lowest BCUT2D eigenvalue weighted by atomic mass is 9.97. The molecule has 100 valence electrons. The normalized spacial score (nSPS) is 12.5. The van der Waals surface area contributed by atoms with Crippen LogP contribution < -0.4 is 0 Å². The fourth-order valence-electron chi connectivity index (χ4n) is 1.96. The third-order valence-corrected chi connectivity index (χ3v) is 3.06. The van der Waals surface area contributed by atoms with Crippen LogP contribution in [0.15, 0.2) is 36.4 Å². The van der Waals surface area contributed by atoms with Gasteiger partial charge in [-0.15, -0.1) is 0 Å². The first-order valence-electron chi connectivity index (χ1n) is 5.86. The Morgan fingerprint density at radius 3 is 2.58 bits per heavy atom. The van der Waals surface area contributed by atoms with E-state index in [1.54, 1.807) is 13.0 Å². The van der Waals surface area contributed by atoms with Crippen molar-refractivity contribution < 1.29 is 18.3 Å². The average Bonchev–Trinajstić information content (AvgIpc) is 2.37. The van der Waals surface area contributed by atoms with Crippen molar-refractivity contribution in [3.8, 4) is 0 Å². The van der Waals surface area contributed by atoms with E-state index >= 15 is 0 Å². The third-order valence-electron chi connectivity index (χ3n) is 3.06. The molecule has 2 aromatic carbocycles. The van der Waals surface area contributed by atoms with Crippen molar-refractivity contribution in [2.45, 2.75) is 19.4 Å². The molecule has 1 N–H and O–H groups in total. The minimum atomic E-state index is -1.21. The van der Waals surface area contributed by atoms with Gasteiger partial charge in [-0.05, 0) is 36.2 Å². The third kappa shape index (κ3) is 2.96. The molecule has 4 heteroatoms. The van der Waals surface area contributed by atoms with Crippen molar-refractivity contribution in [2.75, 3.05) is 0 Å². The number of benzene rings is 2. The fourth-order valence-corrected chi connectivity index (χ4v) is 1.96. The fraction of sp³-hybridized carbons (Fsp3) is 0.200. The summed E-state index contributed by atoms with van der Waals surface area (Å²) in [6.07, 6.45) is -1.18. The molecule has 1 atom stereocenters. The molecule has 0 heterocycles. The maximum absolute atomic E-state index is 13.5. The number of hydrogen-bond acceptors (Lipinski definition) is 1. The summed E-state index contributed by atoms with van der Waals surface area (Å²) in [6.45, 7) is 1.77. The molecule has 0 spiro atoms. The monoisotopic (exact) mass is 266 g/mol. The highest BCUT2D eigenvalue weighted by atomic mass is 19.2. The van der Waals surface area contributed by atoms with Crippen LogP contribution in [0, 0.1) is 24.4 Å². The second-order valence-electron chi connectivity index (χ2n) is 4.43. The Balaban J connectivity index is 2.28. The summed E-state index contributed by atoms with van der Waals surface area (Å²) >= 11 is 0. The Morgan fingerprint density at radius 1 is 1.11 bits per heavy atom. The summed E-state index contributed by atoms with van der Waals surface area (Å²) < 4.78 is 39.7. The van der Waals surface area contributed by atoms with E-state index in [1.165, 1.54) is 24.3 Å². The van der Waals surface area contributed by atoms with Crippen LogP contribution >= 0.6 is 0 Å². The number of aliphatic hydroxyl groups excluding tert-OH is 1. The van der Waals surface area contributed by atoms with E-state index in [1.807, 2.05) is 0 Å². The second kappa shape index (κ2) is 5.45. The van der Waals surface area contributed by atoms with E-state index in [0.717, 1.165) is 11.6 Å². The van der Waals surface area contributed by atoms with Gasteiger partial charge < -0.3 is 5.11 Å². The summed E-state index contributed by atoms with van der Waals surface area (Å²) in [5, 5.41) is 9.97. The lowest BCUT2D eigenvalue weighted by Crippen LogP contribution is -2.07. The predicted octanol–water partition coefficient (Wildman–Crippen LogP) is 3.69. The van der Waals surface area contributed by atoms with E-state index in [0.29, 0.717) is 5.56 Å². The average molecular weight is 266 g/mol. The van der Waals surface area contributed by atoms with Gasteiger partial charge in [-0.25, -0.2) is 13.2 Å². The van der Waals surface area contributed by atoms with Crippen LogP contribution in [0.1, 0.15) is 22.8 Å². The molecule has 2 rings (SSSR count). The van der Waals surface area contributed by atoms with E-state index < -0.39 is 23.6 Å². The van der Waals surface area contributed by atoms with Gasteiger partial charge in [-0.2, -0.15) is 0 Å². The maximum atomic E-state index is 13.5. The van der Waals surface area contributed by atoms with Gasteiger partial charge in [0.2, 0.25) is 0 Å². The smallest absolute Gasteiger partial charge is 0.164 e.